The van der Waals surface area contributed by atoms with Crippen LogP contribution < -0.4 is 0 Å². The van der Waals surface area contributed by atoms with E-state index in [2.05, 4.69) is 4.98 Å². The Hall–Kier alpha value is -1.96. The quantitative estimate of drug-likeness (QED) is 0.653. The summed E-state index contributed by atoms with van der Waals surface area (Å²) in [5.74, 6) is -0.986. The summed E-state index contributed by atoms with van der Waals surface area (Å²) in [7, 11) is 1.47. The molecule has 0 fully saturated rings. The van der Waals surface area contributed by atoms with Crippen LogP contribution in [0, 0.1) is 17.1 Å². The van der Waals surface area contributed by atoms with Crippen LogP contribution in [0.4, 0.5) is 4.39 Å². The Morgan fingerprint density at radius 2 is 2.43 bits per heavy atom. The van der Waals surface area contributed by atoms with Crippen LogP contribution in [-0.2, 0) is 0 Å². The van der Waals surface area contributed by atoms with Gasteiger partial charge < -0.3 is 4.90 Å². The Morgan fingerprint density at radius 3 is 3.00 bits per heavy atom. The molecule has 0 unspecified atom stereocenters. The highest BCUT2D eigenvalue weighted by molar-refractivity contribution is 5.93. The lowest BCUT2D eigenvalue weighted by Crippen LogP contribution is -2.27. The molecule has 1 rings (SSSR count). The molecule has 0 atom stereocenters. The molecule has 1 aromatic rings. The molecule has 0 radical (unpaired) electrons. The van der Waals surface area contributed by atoms with Crippen molar-refractivity contribution >= 4 is 5.91 Å². The number of carbonyl (C=O) groups excluding carboxylic acids is 1. The fourth-order valence-electron chi connectivity index (χ4n) is 0.927. The molecular formula is C9H8FN3O. The summed E-state index contributed by atoms with van der Waals surface area (Å²) in [5.41, 5.74) is 0.141. The third-order valence-corrected chi connectivity index (χ3v) is 1.61. The second kappa shape index (κ2) is 4.33. The molecule has 0 aliphatic rings. The minimum atomic E-state index is -0.568. The van der Waals surface area contributed by atoms with Crippen molar-refractivity contribution < 1.29 is 9.18 Å². The Kier molecular flexibility index (Phi) is 3.13. The van der Waals surface area contributed by atoms with E-state index in [0.29, 0.717) is 0 Å². The largest absolute Gasteiger partial charge is 0.328 e. The molecule has 5 heteroatoms. The predicted octanol–water partition coefficient (Wildman–Crippen LogP) is 0.816. The third kappa shape index (κ3) is 2.26. The van der Waals surface area contributed by atoms with E-state index in [1.165, 1.54) is 18.1 Å². The smallest absolute Gasteiger partial charge is 0.256 e. The monoisotopic (exact) mass is 193 g/mol. The van der Waals surface area contributed by atoms with Gasteiger partial charge in [0.2, 0.25) is 0 Å². The van der Waals surface area contributed by atoms with Crippen LogP contribution in [-0.4, -0.2) is 29.4 Å². The van der Waals surface area contributed by atoms with Crippen LogP contribution in [0.5, 0.6) is 0 Å². The maximum Gasteiger partial charge on any atom is 0.256 e. The van der Waals surface area contributed by atoms with E-state index in [9.17, 15) is 9.18 Å². The van der Waals surface area contributed by atoms with Gasteiger partial charge in [-0.15, -0.1) is 0 Å². The first-order valence-corrected chi connectivity index (χ1v) is 3.88. The maximum atomic E-state index is 12.7. The molecule has 0 aliphatic carbocycles. The molecule has 0 saturated heterocycles. The van der Waals surface area contributed by atoms with Crippen LogP contribution >= 0.6 is 0 Å². The molecule has 0 spiro atoms. The fraction of sp³-hybridized carbons (Fsp3) is 0.222. The van der Waals surface area contributed by atoms with Crippen LogP contribution in [0.3, 0.4) is 0 Å². The van der Waals surface area contributed by atoms with E-state index >= 15 is 0 Å². The van der Waals surface area contributed by atoms with E-state index in [-0.39, 0.29) is 12.1 Å². The molecule has 4 nitrogen and oxygen atoms in total. The molecule has 0 bridgehead atoms. The normalized spacial score (nSPS) is 9.21. The summed E-state index contributed by atoms with van der Waals surface area (Å²) in [6.45, 7) is -0.0324. The van der Waals surface area contributed by atoms with Gasteiger partial charge in [0.25, 0.3) is 5.91 Å². The SMILES string of the molecule is CN(CC#N)C(=O)c1cncc(F)c1. The van der Waals surface area contributed by atoms with E-state index < -0.39 is 11.7 Å². The lowest BCUT2D eigenvalue weighted by Gasteiger charge is -2.12. The molecule has 72 valence electrons. The van der Waals surface area contributed by atoms with Crippen molar-refractivity contribution in [2.45, 2.75) is 0 Å². The molecular weight excluding hydrogens is 185 g/mol. The van der Waals surface area contributed by atoms with Crippen LogP contribution in [0.15, 0.2) is 18.5 Å². The number of hydrogen-bond acceptors (Lipinski definition) is 3. The number of nitrogens with zero attached hydrogens (tertiary/aromatic N) is 3. The van der Waals surface area contributed by atoms with Gasteiger partial charge in [-0.1, -0.05) is 0 Å². The zero-order valence-electron chi connectivity index (χ0n) is 7.57. The summed E-state index contributed by atoms with van der Waals surface area (Å²) in [6, 6.07) is 2.91. The highest BCUT2D eigenvalue weighted by Crippen LogP contribution is 2.03. The Labute approximate surface area is 80.6 Å². The summed E-state index contributed by atoms with van der Waals surface area (Å²) in [4.78, 5) is 16.2. The van der Waals surface area contributed by atoms with Crippen molar-refractivity contribution in [3.63, 3.8) is 0 Å². The molecule has 0 aromatic carbocycles. The van der Waals surface area contributed by atoms with Crippen molar-refractivity contribution in [2.24, 2.45) is 0 Å². The Bertz CT molecular complexity index is 386. The summed E-state index contributed by atoms with van der Waals surface area (Å²) >= 11 is 0. The number of nitriles is 1. The van der Waals surface area contributed by atoms with Crippen molar-refractivity contribution in [1.82, 2.24) is 9.88 Å². The molecule has 0 aliphatic heterocycles. The predicted molar refractivity (Wildman–Crippen MR) is 46.8 cm³/mol. The standard InChI is InChI=1S/C9H8FN3O/c1-13(3-2-11)9(14)7-4-8(10)6-12-5-7/h4-6H,3H2,1H3. The average molecular weight is 193 g/mol. The molecule has 1 heterocycles. The van der Waals surface area contributed by atoms with Crippen molar-refractivity contribution in [3.8, 4) is 6.07 Å². The number of amides is 1. The molecule has 1 aromatic heterocycles. The second-order valence-corrected chi connectivity index (χ2v) is 2.71. The van der Waals surface area contributed by atoms with Gasteiger partial charge in [-0.2, -0.15) is 5.26 Å². The van der Waals surface area contributed by atoms with E-state index in [4.69, 9.17) is 5.26 Å². The molecule has 0 N–H and O–H groups in total. The first-order valence-electron chi connectivity index (χ1n) is 3.88. The van der Waals surface area contributed by atoms with Crippen LogP contribution in [0.25, 0.3) is 0 Å². The van der Waals surface area contributed by atoms with Gasteiger partial charge in [0.05, 0.1) is 17.8 Å². The molecule has 1 amide bonds. The average Bonchev–Trinajstić information content (AvgIpc) is 2.17. The first-order chi connectivity index (χ1) is 6.65. The zero-order valence-corrected chi connectivity index (χ0v) is 7.57. The van der Waals surface area contributed by atoms with Gasteiger partial charge in [0.1, 0.15) is 12.4 Å². The molecule has 14 heavy (non-hydrogen) atoms. The lowest BCUT2D eigenvalue weighted by molar-refractivity contribution is 0.0811. The first kappa shape index (κ1) is 10.1. The zero-order chi connectivity index (χ0) is 10.6. The minimum absolute atomic E-state index is 0.0324. The van der Waals surface area contributed by atoms with E-state index in [1.807, 2.05) is 6.07 Å². The summed E-state index contributed by atoms with van der Waals surface area (Å²) < 4.78 is 12.7. The van der Waals surface area contributed by atoms with Crippen molar-refractivity contribution in [2.75, 3.05) is 13.6 Å². The second-order valence-electron chi connectivity index (χ2n) is 2.71. The summed E-state index contributed by atoms with van der Waals surface area (Å²) in [5, 5.41) is 8.35. The highest BCUT2D eigenvalue weighted by Gasteiger charge is 2.11. The maximum absolute atomic E-state index is 12.7. The van der Waals surface area contributed by atoms with Crippen molar-refractivity contribution in [1.29, 1.82) is 5.26 Å². The van der Waals surface area contributed by atoms with Gasteiger partial charge in [0.15, 0.2) is 0 Å². The number of carbonyl (C=O) groups is 1. The number of hydrogen-bond donors (Lipinski definition) is 0. The van der Waals surface area contributed by atoms with Gasteiger partial charge in [-0.25, -0.2) is 4.39 Å². The van der Waals surface area contributed by atoms with Gasteiger partial charge in [0, 0.05) is 13.2 Å². The van der Waals surface area contributed by atoms with E-state index in [0.717, 1.165) is 12.3 Å². The van der Waals surface area contributed by atoms with Gasteiger partial charge in [-0.05, 0) is 6.07 Å². The van der Waals surface area contributed by atoms with E-state index in [1.54, 1.807) is 0 Å². The third-order valence-electron chi connectivity index (χ3n) is 1.61. The number of aromatic nitrogens is 1. The highest BCUT2D eigenvalue weighted by atomic mass is 19.1. The van der Waals surface area contributed by atoms with Gasteiger partial charge >= 0.3 is 0 Å². The number of halogens is 1. The summed E-state index contributed by atoms with van der Waals surface area (Å²) in [6.07, 6.45) is 2.28. The van der Waals surface area contributed by atoms with Crippen LogP contribution in [0.2, 0.25) is 0 Å². The molecule has 0 saturated carbocycles. The lowest BCUT2D eigenvalue weighted by atomic mass is 10.2. The topological polar surface area (TPSA) is 57.0 Å². The van der Waals surface area contributed by atoms with Crippen LogP contribution in [0.1, 0.15) is 10.4 Å². The fourth-order valence-corrected chi connectivity index (χ4v) is 0.927. The Morgan fingerprint density at radius 1 is 1.71 bits per heavy atom. The van der Waals surface area contributed by atoms with Crippen molar-refractivity contribution in [3.05, 3.63) is 29.8 Å². The minimum Gasteiger partial charge on any atom is -0.328 e. The number of rotatable bonds is 2. The number of pyridine rings is 1. The Balaban J connectivity index is 2.85. The van der Waals surface area contributed by atoms with Gasteiger partial charge in [-0.3, -0.25) is 9.78 Å².